The fraction of sp³-hybridized carbons (Fsp3) is 0.667. The van der Waals surface area contributed by atoms with E-state index in [4.69, 9.17) is 28.7 Å². The maximum atomic E-state index is 12.8. The summed E-state index contributed by atoms with van der Waals surface area (Å²) in [6, 6.07) is -4.43. The van der Waals surface area contributed by atoms with E-state index in [9.17, 15) is 24.3 Å². The number of aliphatic carboxylic acids is 1. The number of rotatable bonds is 17. The van der Waals surface area contributed by atoms with Crippen LogP contribution in [0.4, 0.5) is 0 Å². The van der Waals surface area contributed by atoms with Gasteiger partial charge in [0.1, 0.15) is 18.1 Å². The van der Waals surface area contributed by atoms with Crippen molar-refractivity contribution in [2.45, 2.75) is 49.9 Å². The van der Waals surface area contributed by atoms with Crippen molar-refractivity contribution in [3.63, 3.8) is 0 Å². The molecule has 0 rings (SSSR count). The molecule has 0 aromatic heterocycles. The van der Waals surface area contributed by atoms with Gasteiger partial charge in [-0.15, -0.1) is 0 Å². The fourth-order valence-corrected chi connectivity index (χ4v) is 3.06. The van der Waals surface area contributed by atoms with Gasteiger partial charge in [-0.05, 0) is 25.7 Å². The van der Waals surface area contributed by atoms with Crippen molar-refractivity contribution in [1.29, 1.82) is 0 Å². The number of nitrogens with two attached hydrogens (primary N) is 5. The van der Waals surface area contributed by atoms with Gasteiger partial charge >= 0.3 is 5.97 Å². The molecule has 15 nitrogen and oxygen atoms in total. The molecular formula is C18H36N10O5S2. The Bertz CT molecular complexity index is 775. The monoisotopic (exact) mass is 536 g/mol. The van der Waals surface area contributed by atoms with Gasteiger partial charge in [-0.2, -0.15) is 25.3 Å². The number of carboxylic acid groups (broad SMARTS) is 1. The van der Waals surface area contributed by atoms with Crippen LogP contribution in [0.15, 0.2) is 9.98 Å². The van der Waals surface area contributed by atoms with E-state index >= 15 is 0 Å². The van der Waals surface area contributed by atoms with E-state index in [2.05, 4.69) is 51.2 Å². The topological polar surface area (TPSA) is 279 Å². The molecule has 0 aliphatic rings. The van der Waals surface area contributed by atoms with Crippen molar-refractivity contribution in [2.75, 3.05) is 24.6 Å². The van der Waals surface area contributed by atoms with E-state index in [1.807, 2.05) is 0 Å². The molecule has 4 atom stereocenters. The Morgan fingerprint density at radius 3 is 1.57 bits per heavy atom. The normalized spacial score (nSPS) is 13.9. The maximum absolute atomic E-state index is 12.8. The maximum Gasteiger partial charge on any atom is 0.326 e. The zero-order valence-electron chi connectivity index (χ0n) is 19.2. The van der Waals surface area contributed by atoms with E-state index < -0.39 is 47.9 Å². The molecule has 3 amide bonds. The van der Waals surface area contributed by atoms with Crippen molar-refractivity contribution in [3.05, 3.63) is 0 Å². The highest BCUT2D eigenvalue weighted by Gasteiger charge is 2.29. The Kier molecular flexibility index (Phi) is 16.0. The van der Waals surface area contributed by atoms with Crippen LogP contribution in [0, 0.1) is 0 Å². The van der Waals surface area contributed by atoms with E-state index in [1.165, 1.54) is 0 Å². The molecule has 4 unspecified atom stereocenters. The minimum Gasteiger partial charge on any atom is -0.480 e. The molecule has 14 N–H and O–H groups in total. The van der Waals surface area contributed by atoms with Crippen LogP contribution in [-0.4, -0.2) is 89.5 Å². The summed E-state index contributed by atoms with van der Waals surface area (Å²) in [7, 11) is 0. The molecule has 0 heterocycles. The van der Waals surface area contributed by atoms with Crippen LogP contribution in [-0.2, 0) is 19.2 Å². The Balaban J connectivity index is 5.23. The standard InChI is InChI=1S/C18H36N10O5S2/c19-9(7-34)13(29)26-10(3-1-5-24-17(20)21)14(30)28-12(8-35)15(31)27-11(16(32)33)4-2-6-25-18(22)23/h9-12,34-35H,1-8,19H2,(H,26,29)(H,27,31)(H,28,30)(H,32,33)(H4,20,21,24)(H4,22,23,25). The van der Waals surface area contributed by atoms with E-state index in [0.717, 1.165) is 0 Å². The summed E-state index contributed by atoms with van der Waals surface area (Å²) in [6.45, 7) is 0.390. The SMILES string of the molecule is NC(N)=NCCCC(NC(=O)C(CS)NC(=O)C(CCCN=C(N)N)NC(=O)C(N)CS)C(=O)O. The highest BCUT2D eigenvalue weighted by Crippen LogP contribution is 2.04. The van der Waals surface area contributed by atoms with Crippen molar-refractivity contribution in [2.24, 2.45) is 38.7 Å². The second kappa shape index (κ2) is 17.5. The summed E-state index contributed by atoms with van der Waals surface area (Å²) in [5, 5.41) is 16.7. The summed E-state index contributed by atoms with van der Waals surface area (Å²) in [6.07, 6.45) is 0.816. The fourth-order valence-electron chi connectivity index (χ4n) is 2.63. The molecule has 200 valence electrons. The minimum absolute atomic E-state index is 0.0512. The number of amides is 3. The number of nitrogens with zero attached hydrogens (tertiary/aromatic N) is 2. The first-order valence-corrected chi connectivity index (χ1v) is 11.9. The van der Waals surface area contributed by atoms with E-state index in [0.29, 0.717) is 12.8 Å². The zero-order chi connectivity index (χ0) is 27.0. The first-order chi connectivity index (χ1) is 16.4. The minimum atomic E-state index is -1.27. The molecule has 0 aromatic rings. The highest BCUT2D eigenvalue weighted by molar-refractivity contribution is 7.80. The van der Waals surface area contributed by atoms with Gasteiger partial charge in [-0.1, -0.05) is 0 Å². The molecular weight excluding hydrogens is 500 g/mol. The third kappa shape index (κ3) is 14.2. The van der Waals surface area contributed by atoms with Crippen LogP contribution in [0.5, 0.6) is 0 Å². The van der Waals surface area contributed by atoms with Crippen molar-refractivity contribution >= 4 is 60.9 Å². The molecule has 0 saturated heterocycles. The van der Waals surface area contributed by atoms with Crippen LogP contribution in [0.1, 0.15) is 25.7 Å². The van der Waals surface area contributed by atoms with Crippen LogP contribution >= 0.6 is 25.3 Å². The second-order valence-corrected chi connectivity index (χ2v) is 8.12. The Morgan fingerprint density at radius 1 is 0.714 bits per heavy atom. The third-order valence-electron chi connectivity index (χ3n) is 4.49. The van der Waals surface area contributed by atoms with Gasteiger partial charge < -0.3 is 49.7 Å². The number of hydrogen-bond acceptors (Lipinski definition) is 9. The van der Waals surface area contributed by atoms with E-state index in [-0.39, 0.29) is 49.4 Å². The molecule has 0 bridgehead atoms. The van der Waals surface area contributed by atoms with Crippen LogP contribution in [0.3, 0.4) is 0 Å². The van der Waals surface area contributed by atoms with Crippen molar-refractivity contribution in [1.82, 2.24) is 16.0 Å². The molecule has 0 saturated carbocycles. The number of carboxylic acids is 1. The largest absolute Gasteiger partial charge is 0.480 e. The zero-order valence-corrected chi connectivity index (χ0v) is 21.0. The lowest BCUT2D eigenvalue weighted by molar-refractivity contribution is -0.142. The third-order valence-corrected chi connectivity index (χ3v) is 5.25. The number of aliphatic imine (C=N–C) groups is 2. The van der Waals surface area contributed by atoms with Gasteiger partial charge in [0, 0.05) is 24.6 Å². The predicted molar refractivity (Wildman–Crippen MR) is 139 cm³/mol. The predicted octanol–water partition coefficient (Wildman–Crippen LogP) is -4.18. The Morgan fingerprint density at radius 2 is 1.14 bits per heavy atom. The molecule has 35 heavy (non-hydrogen) atoms. The van der Waals surface area contributed by atoms with Gasteiger partial charge in [0.15, 0.2) is 11.9 Å². The lowest BCUT2D eigenvalue weighted by atomic mass is 10.1. The van der Waals surface area contributed by atoms with Gasteiger partial charge in [-0.25, -0.2) is 4.79 Å². The lowest BCUT2D eigenvalue weighted by Gasteiger charge is -2.24. The average Bonchev–Trinajstić information content (AvgIpc) is 2.79. The number of hydrogen-bond donors (Lipinski definition) is 11. The molecule has 0 aromatic carbocycles. The second-order valence-electron chi connectivity index (χ2n) is 7.39. The van der Waals surface area contributed by atoms with Gasteiger partial charge in [-0.3, -0.25) is 24.4 Å². The first-order valence-electron chi connectivity index (χ1n) is 10.6. The number of carbonyl (C=O) groups is 4. The molecule has 17 heteroatoms. The van der Waals surface area contributed by atoms with E-state index in [1.54, 1.807) is 0 Å². The Hall–Kier alpha value is -2.92. The van der Waals surface area contributed by atoms with Crippen molar-refractivity contribution < 1.29 is 24.3 Å². The summed E-state index contributed by atoms with van der Waals surface area (Å²) < 4.78 is 0. The summed E-state index contributed by atoms with van der Waals surface area (Å²) in [4.78, 5) is 56.8. The van der Waals surface area contributed by atoms with Crippen molar-refractivity contribution in [3.8, 4) is 0 Å². The first kappa shape index (κ1) is 32.1. The smallest absolute Gasteiger partial charge is 0.326 e. The van der Waals surface area contributed by atoms with Crippen LogP contribution < -0.4 is 44.6 Å². The molecule has 0 fully saturated rings. The van der Waals surface area contributed by atoms with Crippen LogP contribution in [0.25, 0.3) is 0 Å². The number of thiol groups is 2. The average molecular weight is 537 g/mol. The number of carbonyl (C=O) groups excluding carboxylic acids is 3. The molecule has 0 aliphatic carbocycles. The highest BCUT2D eigenvalue weighted by atomic mass is 32.1. The molecule has 0 radical (unpaired) electrons. The molecule has 0 spiro atoms. The summed E-state index contributed by atoms with van der Waals surface area (Å²) >= 11 is 8.04. The van der Waals surface area contributed by atoms with Gasteiger partial charge in [0.25, 0.3) is 0 Å². The van der Waals surface area contributed by atoms with Gasteiger partial charge in [0.05, 0.1) is 6.04 Å². The summed E-state index contributed by atoms with van der Waals surface area (Å²) in [5.41, 5.74) is 26.7. The van der Waals surface area contributed by atoms with Crippen LogP contribution in [0.2, 0.25) is 0 Å². The quantitative estimate of drug-likeness (QED) is 0.0369. The Labute approximate surface area is 214 Å². The number of guanidine groups is 2. The van der Waals surface area contributed by atoms with Gasteiger partial charge in [0.2, 0.25) is 17.7 Å². The summed E-state index contributed by atoms with van der Waals surface area (Å²) in [5.74, 6) is -3.67. The number of nitrogens with one attached hydrogen (secondary N) is 3. The molecule has 0 aliphatic heterocycles. The lowest BCUT2D eigenvalue weighted by Crippen LogP contribution is -2.57.